The zero-order valence-corrected chi connectivity index (χ0v) is 45.8. The van der Waals surface area contributed by atoms with Crippen molar-refractivity contribution >= 4 is 17.9 Å². The topological polar surface area (TPSA) is 78.9 Å². The molecule has 0 amide bonds. The Morgan fingerprint density at radius 3 is 0.913 bits per heavy atom. The molecule has 69 heavy (non-hydrogen) atoms. The molecule has 0 N–H and O–H groups in total. The summed E-state index contributed by atoms with van der Waals surface area (Å²) >= 11 is 0. The van der Waals surface area contributed by atoms with Gasteiger partial charge in [0.2, 0.25) is 0 Å². The van der Waals surface area contributed by atoms with Gasteiger partial charge in [-0.3, -0.25) is 14.4 Å². The Morgan fingerprint density at radius 2 is 0.565 bits per heavy atom. The molecule has 0 aliphatic rings. The highest BCUT2D eigenvalue weighted by molar-refractivity contribution is 5.71. The maximum Gasteiger partial charge on any atom is 0.306 e. The third-order valence-corrected chi connectivity index (χ3v) is 13.0. The van der Waals surface area contributed by atoms with Crippen LogP contribution >= 0.6 is 0 Å². The van der Waals surface area contributed by atoms with Gasteiger partial charge in [-0.2, -0.15) is 0 Å². The maximum absolute atomic E-state index is 12.8. The highest BCUT2D eigenvalue weighted by Crippen LogP contribution is 2.16. The molecule has 400 valence electrons. The van der Waals surface area contributed by atoms with Gasteiger partial charge in [-0.25, -0.2) is 0 Å². The minimum Gasteiger partial charge on any atom is -0.462 e. The Balaban J connectivity index is 4.30. The smallest absolute Gasteiger partial charge is 0.306 e. The summed E-state index contributed by atoms with van der Waals surface area (Å²) in [5.74, 6) is -0.899. The highest BCUT2D eigenvalue weighted by Gasteiger charge is 2.19. The molecule has 0 saturated carbocycles. The molecular formula is C63H112O6. The van der Waals surface area contributed by atoms with Crippen LogP contribution in [0.5, 0.6) is 0 Å². The van der Waals surface area contributed by atoms with Crippen LogP contribution in [0.3, 0.4) is 0 Å². The average molecular weight is 966 g/mol. The highest BCUT2D eigenvalue weighted by atomic mass is 16.6. The molecule has 0 aliphatic carbocycles. The number of carbonyl (C=O) groups excluding carboxylic acids is 3. The first-order valence-corrected chi connectivity index (χ1v) is 29.8. The zero-order valence-electron chi connectivity index (χ0n) is 45.8. The molecule has 6 nitrogen and oxygen atoms in total. The van der Waals surface area contributed by atoms with Gasteiger partial charge in [-0.15, -0.1) is 0 Å². The van der Waals surface area contributed by atoms with Crippen LogP contribution in [-0.2, 0) is 28.6 Å². The maximum atomic E-state index is 12.8. The summed E-state index contributed by atoms with van der Waals surface area (Å²) in [7, 11) is 0. The van der Waals surface area contributed by atoms with Crippen molar-refractivity contribution < 1.29 is 28.6 Å². The first-order valence-electron chi connectivity index (χ1n) is 29.8. The SMILES string of the molecule is CC/C=C\C/C=C\C/C=C\CCCCCCCC(=O)OC(COC(=O)CCCCCCC/C=C\CCCCCC)COC(=O)CCCCCCCCCCCCC/C=C\CCCCCCCCCC. The molecule has 0 aromatic rings. The zero-order chi connectivity index (χ0) is 50.0. The lowest BCUT2D eigenvalue weighted by molar-refractivity contribution is -0.167. The van der Waals surface area contributed by atoms with Gasteiger partial charge in [0.1, 0.15) is 13.2 Å². The van der Waals surface area contributed by atoms with Crippen LogP contribution in [0.2, 0.25) is 0 Å². The summed E-state index contributed by atoms with van der Waals surface area (Å²) in [5, 5.41) is 0. The lowest BCUT2D eigenvalue weighted by atomic mass is 10.0. The normalized spacial score (nSPS) is 12.4. The molecule has 0 fully saturated rings. The van der Waals surface area contributed by atoms with Gasteiger partial charge in [0.15, 0.2) is 6.10 Å². The summed E-state index contributed by atoms with van der Waals surface area (Å²) in [6, 6.07) is 0. The number of rotatable bonds is 54. The third kappa shape index (κ3) is 55.9. The van der Waals surface area contributed by atoms with Gasteiger partial charge >= 0.3 is 17.9 Å². The van der Waals surface area contributed by atoms with Gasteiger partial charge in [-0.05, 0) is 103 Å². The fourth-order valence-electron chi connectivity index (χ4n) is 8.51. The van der Waals surface area contributed by atoms with Gasteiger partial charge in [0.25, 0.3) is 0 Å². The Kier molecular flexibility index (Phi) is 55.3. The Hall–Kier alpha value is -2.89. The monoisotopic (exact) mass is 965 g/mol. The second-order valence-corrected chi connectivity index (χ2v) is 19.9. The molecule has 0 aromatic heterocycles. The molecule has 0 bridgehead atoms. The van der Waals surface area contributed by atoms with Crippen molar-refractivity contribution in [2.75, 3.05) is 13.2 Å². The van der Waals surface area contributed by atoms with Crippen molar-refractivity contribution in [2.24, 2.45) is 0 Å². The molecule has 6 heteroatoms. The Morgan fingerprint density at radius 1 is 0.304 bits per heavy atom. The van der Waals surface area contributed by atoms with E-state index < -0.39 is 6.10 Å². The average Bonchev–Trinajstić information content (AvgIpc) is 3.35. The van der Waals surface area contributed by atoms with Crippen molar-refractivity contribution in [3.63, 3.8) is 0 Å². The van der Waals surface area contributed by atoms with E-state index in [1.165, 1.54) is 161 Å². The third-order valence-electron chi connectivity index (χ3n) is 13.0. The van der Waals surface area contributed by atoms with E-state index >= 15 is 0 Å². The second kappa shape index (κ2) is 57.7. The minimum absolute atomic E-state index is 0.0830. The summed E-state index contributed by atoms with van der Waals surface area (Å²) in [6.45, 7) is 6.52. The summed E-state index contributed by atoms with van der Waals surface area (Å²) < 4.78 is 16.9. The van der Waals surface area contributed by atoms with Gasteiger partial charge < -0.3 is 14.2 Å². The van der Waals surface area contributed by atoms with Gasteiger partial charge in [0.05, 0.1) is 0 Å². The van der Waals surface area contributed by atoms with E-state index in [2.05, 4.69) is 81.5 Å². The van der Waals surface area contributed by atoms with Crippen LogP contribution in [0.1, 0.15) is 303 Å². The molecular weight excluding hydrogens is 853 g/mol. The van der Waals surface area contributed by atoms with Crippen molar-refractivity contribution in [2.45, 2.75) is 309 Å². The first-order chi connectivity index (χ1) is 34.0. The minimum atomic E-state index is -0.786. The molecule has 0 radical (unpaired) electrons. The molecule has 0 aromatic carbocycles. The molecule has 1 atom stereocenters. The van der Waals surface area contributed by atoms with Crippen LogP contribution in [0.25, 0.3) is 0 Å². The van der Waals surface area contributed by atoms with Crippen LogP contribution in [0.15, 0.2) is 60.8 Å². The predicted octanol–water partition coefficient (Wildman–Crippen LogP) is 20.0. The molecule has 0 saturated heterocycles. The van der Waals surface area contributed by atoms with Crippen molar-refractivity contribution in [1.29, 1.82) is 0 Å². The molecule has 0 spiro atoms. The second-order valence-electron chi connectivity index (χ2n) is 19.9. The molecule has 0 heterocycles. The van der Waals surface area contributed by atoms with Crippen LogP contribution < -0.4 is 0 Å². The molecule has 1 unspecified atom stereocenters. The lowest BCUT2D eigenvalue weighted by Crippen LogP contribution is -2.30. The summed E-state index contributed by atoms with van der Waals surface area (Å²) in [4.78, 5) is 38.2. The lowest BCUT2D eigenvalue weighted by Gasteiger charge is -2.18. The van der Waals surface area contributed by atoms with E-state index in [4.69, 9.17) is 14.2 Å². The number of carbonyl (C=O) groups is 3. The fourth-order valence-corrected chi connectivity index (χ4v) is 8.51. The van der Waals surface area contributed by atoms with E-state index in [0.29, 0.717) is 19.3 Å². The number of ether oxygens (including phenoxy) is 3. The van der Waals surface area contributed by atoms with Crippen LogP contribution in [-0.4, -0.2) is 37.2 Å². The Labute approximate surface area is 428 Å². The summed E-state index contributed by atoms with van der Waals surface area (Å²) in [6.07, 6.45) is 72.2. The van der Waals surface area contributed by atoms with Crippen LogP contribution in [0.4, 0.5) is 0 Å². The fraction of sp³-hybridized carbons (Fsp3) is 0.794. The Bertz CT molecular complexity index is 1250. The number of esters is 3. The largest absolute Gasteiger partial charge is 0.462 e. The first kappa shape index (κ1) is 66.1. The number of hydrogen-bond donors (Lipinski definition) is 0. The quantitative estimate of drug-likeness (QED) is 0.0262. The van der Waals surface area contributed by atoms with E-state index in [1.54, 1.807) is 0 Å². The van der Waals surface area contributed by atoms with E-state index in [-0.39, 0.29) is 31.1 Å². The van der Waals surface area contributed by atoms with Crippen molar-refractivity contribution in [1.82, 2.24) is 0 Å². The standard InChI is InChI=1S/C63H112O6/c1-4-7-10-13-16-19-22-25-27-28-29-30-31-32-33-34-36-38-41-44-47-50-53-56-62(65)68-59-60(58-67-61(64)55-52-49-46-43-40-37-24-21-18-15-12-9-6-3)69-63(66)57-54-51-48-45-42-39-35-26-23-20-17-14-11-8-5-2/h8,11,17,20-21,24,26,28-29,35,60H,4-7,9-10,12-16,18-19,22-23,25,27,30-34,36-59H2,1-3H3/b11-8-,20-17-,24-21-,29-28-,35-26-. The van der Waals surface area contributed by atoms with Crippen molar-refractivity contribution in [3.8, 4) is 0 Å². The number of unbranched alkanes of at least 4 members (excludes halogenated alkanes) is 33. The van der Waals surface area contributed by atoms with Crippen molar-refractivity contribution in [3.05, 3.63) is 60.8 Å². The predicted molar refractivity (Wildman–Crippen MR) is 298 cm³/mol. The number of allylic oxidation sites excluding steroid dienone is 10. The van der Waals surface area contributed by atoms with E-state index in [0.717, 1.165) is 103 Å². The summed E-state index contributed by atoms with van der Waals surface area (Å²) in [5.41, 5.74) is 0. The van der Waals surface area contributed by atoms with E-state index in [9.17, 15) is 14.4 Å². The number of hydrogen-bond acceptors (Lipinski definition) is 6. The molecule has 0 aliphatic heterocycles. The van der Waals surface area contributed by atoms with Gasteiger partial charge in [0, 0.05) is 19.3 Å². The van der Waals surface area contributed by atoms with Gasteiger partial charge in [-0.1, -0.05) is 242 Å². The van der Waals surface area contributed by atoms with Crippen LogP contribution in [0, 0.1) is 0 Å². The molecule has 0 rings (SSSR count). The van der Waals surface area contributed by atoms with E-state index in [1.807, 2.05) is 0 Å².